The molecule has 0 aliphatic carbocycles. The van der Waals surface area contributed by atoms with Gasteiger partial charge in [-0.2, -0.15) is 0 Å². The summed E-state index contributed by atoms with van der Waals surface area (Å²) in [5.74, 6) is 0.287. The number of thiazole rings is 1. The molecule has 104 valence electrons. The van der Waals surface area contributed by atoms with Crippen LogP contribution in [0.25, 0.3) is 0 Å². The van der Waals surface area contributed by atoms with Crippen LogP contribution in [0.3, 0.4) is 0 Å². The largest absolute Gasteiger partial charge is 0.508 e. The van der Waals surface area contributed by atoms with Crippen LogP contribution in [-0.2, 0) is 24.2 Å². The van der Waals surface area contributed by atoms with Crippen LogP contribution in [0.15, 0.2) is 23.6 Å². The van der Waals surface area contributed by atoms with E-state index in [1.54, 1.807) is 17.0 Å². The molecule has 0 radical (unpaired) electrons. The molecule has 1 aromatic carbocycles. The first-order valence-corrected chi connectivity index (χ1v) is 7.28. The Bertz CT molecular complexity index is 654. The zero-order valence-corrected chi connectivity index (χ0v) is 11.7. The van der Waals surface area contributed by atoms with Crippen molar-refractivity contribution in [2.24, 2.45) is 0 Å². The Morgan fingerprint density at radius 2 is 2.30 bits per heavy atom. The Balaban J connectivity index is 1.71. The molecule has 2 aromatic rings. The standard InChI is InChI=1S/C14H15N3O2S/c15-14-16-11(8-20-14)6-13(19)17-4-3-9-1-2-12(18)5-10(9)7-17/h1-2,5,8,18H,3-4,6-7H2,(H2,15,16). The van der Waals surface area contributed by atoms with Gasteiger partial charge in [-0.3, -0.25) is 4.79 Å². The smallest absolute Gasteiger partial charge is 0.228 e. The molecule has 1 aliphatic rings. The number of carbonyl (C=O) groups is 1. The minimum Gasteiger partial charge on any atom is -0.508 e. The molecule has 1 aromatic heterocycles. The van der Waals surface area contributed by atoms with Crippen LogP contribution < -0.4 is 5.73 Å². The van der Waals surface area contributed by atoms with Gasteiger partial charge in [0.05, 0.1) is 12.1 Å². The number of nitrogens with two attached hydrogens (primary N) is 1. The molecular formula is C14H15N3O2S. The molecule has 1 aliphatic heterocycles. The minimum absolute atomic E-state index is 0.0456. The highest BCUT2D eigenvalue weighted by Crippen LogP contribution is 2.23. The zero-order valence-electron chi connectivity index (χ0n) is 10.9. The lowest BCUT2D eigenvalue weighted by Crippen LogP contribution is -2.36. The maximum atomic E-state index is 12.3. The number of hydrogen-bond donors (Lipinski definition) is 2. The average molecular weight is 289 g/mol. The van der Waals surface area contributed by atoms with Crippen LogP contribution in [0, 0.1) is 0 Å². The van der Waals surface area contributed by atoms with E-state index in [0.717, 1.165) is 17.7 Å². The summed E-state index contributed by atoms with van der Waals surface area (Å²) in [7, 11) is 0. The minimum atomic E-state index is 0.0456. The number of phenolic OH excluding ortho intramolecular Hbond substituents is 1. The molecule has 3 N–H and O–H groups in total. The van der Waals surface area contributed by atoms with Gasteiger partial charge >= 0.3 is 0 Å². The number of fused-ring (bicyclic) bond motifs is 1. The van der Waals surface area contributed by atoms with E-state index in [2.05, 4.69) is 4.98 Å². The molecule has 0 unspecified atom stereocenters. The molecule has 0 spiro atoms. The maximum Gasteiger partial charge on any atom is 0.228 e. The van der Waals surface area contributed by atoms with E-state index in [1.165, 1.54) is 16.9 Å². The summed E-state index contributed by atoms with van der Waals surface area (Å²) in [5, 5.41) is 11.8. The normalized spacial score (nSPS) is 14.1. The molecule has 0 saturated carbocycles. The molecule has 0 bridgehead atoms. The van der Waals surface area contributed by atoms with Crippen molar-refractivity contribution in [2.45, 2.75) is 19.4 Å². The molecular weight excluding hydrogens is 274 g/mol. The van der Waals surface area contributed by atoms with Gasteiger partial charge in [-0.25, -0.2) is 4.98 Å². The van der Waals surface area contributed by atoms with Gasteiger partial charge in [0, 0.05) is 18.5 Å². The molecule has 5 nitrogen and oxygen atoms in total. The highest BCUT2D eigenvalue weighted by Gasteiger charge is 2.21. The molecule has 2 heterocycles. The number of nitrogen functional groups attached to an aromatic ring is 1. The van der Waals surface area contributed by atoms with E-state index in [4.69, 9.17) is 5.73 Å². The van der Waals surface area contributed by atoms with E-state index < -0.39 is 0 Å². The van der Waals surface area contributed by atoms with Crippen molar-refractivity contribution in [2.75, 3.05) is 12.3 Å². The van der Waals surface area contributed by atoms with Crippen molar-refractivity contribution < 1.29 is 9.90 Å². The fraction of sp³-hybridized carbons (Fsp3) is 0.286. The van der Waals surface area contributed by atoms with Gasteiger partial charge in [0.2, 0.25) is 5.91 Å². The van der Waals surface area contributed by atoms with Crippen LogP contribution in [0.5, 0.6) is 5.75 Å². The van der Waals surface area contributed by atoms with Gasteiger partial charge < -0.3 is 15.7 Å². The average Bonchev–Trinajstić information content (AvgIpc) is 2.83. The number of aromatic nitrogens is 1. The predicted octanol–water partition coefficient (Wildman–Crippen LogP) is 1.56. The first kappa shape index (κ1) is 12.9. The molecule has 0 saturated heterocycles. The lowest BCUT2D eigenvalue weighted by Gasteiger charge is -2.28. The number of carbonyl (C=O) groups excluding carboxylic acids is 1. The molecule has 3 rings (SSSR count). The van der Waals surface area contributed by atoms with Gasteiger partial charge in [0.15, 0.2) is 5.13 Å². The third-order valence-electron chi connectivity index (χ3n) is 3.46. The number of aromatic hydroxyl groups is 1. The van der Waals surface area contributed by atoms with Gasteiger partial charge in [-0.05, 0) is 29.7 Å². The van der Waals surface area contributed by atoms with E-state index in [1.807, 2.05) is 11.4 Å². The summed E-state index contributed by atoms with van der Waals surface area (Å²) in [6.07, 6.45) is 1.10. The summed E-state index contributed by atoms with van der Waals surface area (Å²) in [6, 6.07) is 5.34. The van der Waals surface area contributed by atoms with Crippen LogP contribution in [0.1, 0.15) is 16.8 Å². The number of amides is 1. The zero-order chi connectivity index (χ0) is 14.1. The topological polar surface area (TPSA) is 79.5 Å². The summed E-state index contributed by atoms with van der Waals surface area (Å²) in [4.78, 5) is 18.2. The number of hydrogen-bond acceptors (Lipinski definition) is 5. The van der Waals surface area contributed by atoms with Crippen molar-refractivity contribution in [1.82, 2.24) is 9.88 Å². The predicted molar refractivity (Wildman–Crippen MR) is 77.5 cm³/mol. The van der Waals surface area contributed by atoms with Gasteiger partial charge in [-0.1, -0.05) is 6.07 Å². The third-order valence-corrected chi connectivity index (χ3v) is 4.18. The summed E-state index contributed by atoms with van der Waals surface area (Å²) in [5.41, 5.74) is 8.50. The fourth-order valence-corrected chi connectivity index (χ4v) is 2.99. The quantitative estimate of drug-likeness (QED) is 0.879. The molecule has 0 fully saturated rings. The first-order chi connectivity index (χ1) is 9.61. The maximum absolute atomic E-state index is 12.3. The first-order valence-electron chi connectivity index (χ1n) is 6.40. The molecule has 0 atom stereocenters. The van der Waals surface area contributed by atoms with Crippen molar-refractivity contribution in [3.05, 3.63) is 40.4 Å². The Labute approximate surface area is 120 Å². The highest BCUT2D eigenvalue weighted by molar-refractivity contribution is 7.13. The van der Waals surface area contributed by atoms with Crippen LogP contribution in [0.4, 0.5) is 5.13 Å². The second-order valence-electron chi connectivity index (χ2n) is 4.87. The van der Waals surface area contributed by atoms with Crippen molar-refractivity contribution in [3.8, 4) is 5.75 Å². The summed E-state index contributed by atoms with van der Waals surface area (Å²) >= 11 is 1.35. The van der Waals surface area contributed by atoms with E-state index in [0.29, 0.717) is 18.2 Å². The molecule has 20 heavy (non-hydrogen) atoms. The van der Waals surface area contributed by atoms with Crippen molar-refractivity contribution in [1.29, 1.82) is 0 Å². The lowest BCUT2D eigenvalue weighted by atomic mass is 9.99. The van der Waals surface area contributed by atoms with E-state index in [-0.39, 0.29) is 18.1 Å². The number of anilines is 1. The number of rotatable bonds is 2. The van der Waals surface area contributed by atoms with Gasteiger partial charge in [-0.15, -0.1) is 11.3 Å². The second kappa shape index (κ2) is 5.13. The Kier molecular flexibility index (Phi) is 3.31. The lowest BCUT2D eigenvalue weighted by molar-refractivity contribution is -0.131. The Hall–Kier alpha value is -2.08. The fourth-order valence-electron chi connectivity index (χ4n) is 2.43. The van der Waals surface area contributed by atoms with E-state index in [9.17, 15) is 9.90 Å². The summed E-state index contributed by atoms with van der Waals surface area (Å²) < 4.78 is 0. The van der Waals surface area contributed by atoms with Crippen molar-refractivity contribution >= 4 is 22.4 Å². The monoisotopic (exact) mass is 289 g/mol. The van der Waals surface area contributed by atoms with Gasteiger partial charge in [0.1, 0.15) is 5.75 Å². The van der Waals surface area contributed by atoms with Gasteiger partial charge in [0.25, 0.3) is 0 Å². The molecule has 1 amide bonds. The second-order valence-corrected chi connectivity index (χ2v) is 5.76. The highest BCUT2D eigenvalue weighted by atomic mass is 32.1. The van der Waals surface area contributed by atoms with E-state index >= 15 is 0 Å². The van der Waals surface area contributed by atoms with Crippen molar-refractivity contribution in [3.63, 3.8) is 0 Å². The third kappa shape index (κ3) is 2.60. The number of benzene rings is 1. The molecule has 6 heteroatoms. The van der Waals surface area contributed by atoms with Crippen LogP contribution in [0.2, 0.25) is 0 Å². The Morgan fingerprint density at radius 1 is 1.45 bits per heavy atom. The number of nitrogens with zero attached hydrogens (tertiary/aromatic N) is 2. The van der Waals surface area contributed by atoms with Crippen LogP contribution in [-0.4, -0.2) is 27.4 Å². The SMILES string of the molecule is Nc1nc(CC(=O)N2CCc3ccc(O)cc3C2)cs1. The Morgan fingerprint density at radius 3 is 3.05 bits per heavy atom. The van der Waals surface area contributed by atoms with Crippen LogP contribution >= 0.6 is 11.3 Å². The number of phenols is 1. The summed E-state index contributed by atoms with van der Waals surface area (Å²) in [6.45, 7) is 1.25.